The lowest BCUT2D eigenvalue weighted by Gasteiger charge is -2.37. The Morgan fingerprint density at radius 1 is 1.21 bits per heavy atom. The number of hydrogen-bond acceptors (Lipinski definition) is 5. The van der Waals surface area contributed by atoms with Crippen LogP contribution in [0.5, 0.6) is 0 Å². The van der Waals surface area contributed by atoms with Gasteiger partial charge in [0.15, 0.2) is 6.29 Å². The van der Waals surface area contributed by atoms with Crippen molar-refractivity contribution in [3.63, 3.8) is 0 Å². The molecule has 0 bridgehead atoms. The van der Waals surface area contributed by atoms with Crippen molar-refractivity contribution in [2.45, 2.75) is 37.6 Å². The van der Waals surface area contributed by atoms with Crippen molar-refractivity contribution in [3.05, 3.63) is 58.0 Å². The van der Waals surface area contributed by atoms with E-state index in [1.807, 2.05) is 17.5 Å². The van der Waals surface area contributed by atoms with Gasteiger partial charge in [-0.1, -0.05) is 24.6 Å². The predicted molar refractivity (Wildman–Crippen MR) is 106 cm³/mol. The van der Waals surface area contributed by atoms with Gasteiger partial charge in [-0.2, -0.15) is 0 Å². The third-order valence-electron chi connectivity index (χ3n) is 5.31. The summed E-state index contributed by atoms with van der Waals surface area (Å²) in [5, 5.41) is 5.12. The Morgan fingerprint density at radius 3 is 2.71 bits per heavy atom. The molecule has 1 N–H and O–H groups in total. The van der Waals surface area contributed by atoms with Gasteiger partial charge in [-0.15, -0.1) is 11.3 Å². The van der Waals surface area contributed by atoms with E-state index in [9.17, 15) is 9.18 Å². The monoisotopic (exact) mass is 404 g/mol. The van der Waals surface area contributed by atoms with E-state index in [2.05, 4.69) is 10.2 Å². The summed E-state index contributed by atoms with van der Waals surface area (Å²) in [5.41, 5.74) is 0.870. The second kappa shape index (κ2) is 9.13. The zero-order valence-corrected chi connectivity index (χ0v) is 16.5. The summed E-state index contributed by atoms with van der Waals surface area (Å²) in [5.74, 6) is -0.333. The Balaban J connectivity index is 1.45. The smallest absolute Gasteiger partial charge is 0.234 e. The lowest BCUT2D eigenvalue weighted by atomic mass is 10.0. The first-order valence-electron chi connectivity index (χ1n) is 9.76. The van der Waals surface area contributed by atoms with E-state index in [0.717, 1.165) is 36.2 Å². The topological polar surface area (TPSA) is 50.8 Å². The second-order valence-electron chi connectivity index (χ2n) is 7.21. The number of likely N-dealkylation sites (tertiary alicyclic amines) is 1. The maximum absolute atomic E-state index is 13.3. The molecule has 4 rings (SSSR count). The number of carbonyl (C=O) groups is 1. The van der Waals surface area contributed by atoms with Crippen LogP contribution in [0.4, 0.5) is 4.39 Å². The van der Waals surface area contributed by atoms with Gasteiger partial charge in [-0.25, -0.2) is 4.39 Å². The summed E-state index contributed by atoms with van der Waals surface area (Å²) < 4.78 is 24.7. The van der Waals surface area contributed by atoms with Gasteiger partial charge < -0.3 is 14.8 Å². The summed E-state index contributed by atoms with van der Waals surface area (Å²) in [4.78, 5) is 16.1. The number of hydrogen-bond donors (Lipinski definition) is 1. The summed E-state index contributed by atoms with van der Waals surface area (Å²) in [7, 11) is 0. The fourth-order valence-electron chi connectivity index (χ4n) is 3.94. The maximum atomic E-state index is 13.3. The number of amides is 1. The molecule has 2 fully saturated rings. The first-order valence-corrected chi connectivity index (χ1v) is 10.6. The average Bonchev–Trinajstić information content (AvgIpc) is 3.42. The molecule has 2 atom stereocenters. The van der Waals surface area contributed by atoms with Crippen LogP contribution < -0.4 is 5.32 Å². The van der Waals surface area contributed by atoms with Crippen molar-refractivity contribution in [2.24, 2.45) is 0 Å². The SMILES string of the molecule is O=C(CN1CCCCC1C1OCCO1)NC(c1ccc(F)cc1)c1cccs1. The molecule has 28 heavy (non-hydrogen) atoms. The molecule has 0 aliphatic carbocycles. The molecule has 1 aromatic carbocycles. The maximum Gasteiger partial charge on any atom is 0.234 e. The fraction of sp³-hybridized carbons (Fsp3) is 0.476. The number of rotatable bonds is 6. The Bertz CT molecular complexity index is 762. The number of piperidine rings is 1. The average molecular weight is 405 g/mol. The third-order valence-corrected chi connectivity index (χ3v) is 6.25. The van der Waals surface area contributed by atoms with Crippen molar-refractivity contribution < 1.29 is 18.7 Å². The van der Waals surface area contributed by atoms with Crippen molar-refractivity contribution in [1.82, 2.24) is 10.2 Å². The number of thiophene rings is 1. The van der Waals surface area contributed by atoms with E-state index < -0.39 is 0 Å². The van der Waals surface area contributed by atoms with Crippen LogP contribution in [0.3, 0.4) is 0 Å². The van der Waals surface area contributed by atoms with Crippen LogP contribution in [0.2, 0.25) is 0 Å². The van der Waals surface area contributed by atoms with E-state index >= 15 is 0 Å². The second-order valence-corrected chi connectivity index (χ2v) is 8.19. The zero-order valence-electron chi connectivity index (χ0n) is 15.7. The third kappa shape index (κ3) is 4.60. The molecule has 2 aliphatic heterocycles. The van der Waals surface area contributed by atoms with Gasteiger partial charge in [0.2, 0.25) is 5.91 Å². The number of nitrogens with one attached hydrogen (secondary N) is 1. The largest absolute Gasteiger partial charge is 0.349 e. The quantitative estimate of drug-likeness (QED) is 0.803. The molecule has 0 saturated carbocycles. The van der Waals surface area contributed by atoms with Crippen LogP contribution in [-0.4, -0.2) is 49.4 Å². The van der Waals surface area contributed by atoms with E-state index in [1.165, 1.54) is 12.1 Å². The lowest BCUT2D eigenvalue weighted by molar-refractivity contribution is -0.131. The molecule has 2 unspecified atom stereocenters. The van der Waals surface area contributed by atoms with E-state index in [-0.39, 0.29) is 30.1 Å². The normalized spacial score (nSPS) is 22.2. The molecule has 3 heterocycles. The number of benzene rings is 1. The molecule has 2 saturated heterocycles. The summed E-state index contributed by atoms with van der Waals surface area (Å²) in [6.45, 7) is 2.40. The molecule has 0 radical (unpaired) electrons. The van der Waals surface area contributed by atoms with Crippen LogP contribution in [0.25, 0.3) is 0 Å². The summed E-state index contributed by atoms with van der Waals surface area (Å²) >= 11 is 1.58. The van der Waals surface area contributed by atoms with Crippen LogP contribution >= 0.6 is 11.3 Å². The Kier molecular flexibility index (Phi) is 6.36. The van der Waals surface area contributed by atoms with Crippen molar-refractivity contribution in [1.29, 1.82) is 0 Å². The van der Waals surface area contributed by atoms with Gasteiger partial charge in [-0.05, 0) is 48.5 Å². The first-order chi connectivity index (χ1) is 13.7. The van der Waals surface area contributed by atoms with Crippen molar-refractivity contribution in [2.75, 3.05) is 26.3 Å². The van der Waals surface area contributed by atoms with E-state index in [4.69, 9.17) is 9.47 Å². The Labute approximate surface area is 168 Å². The highest BCUT2D eigenvalue weighted by molar-refractivity contribution is 7.10. The van der Waals surface area contributed by atoms with Crippen molar-refractivity contribution >= 4 is 17.2 Å². The van der Waals surface area contributed by atoms with E-state index in [0.29, 0.717) is 19.8 Å². The molecule has 1 amide bonds. The molecule has 7 heteroatoms. The Morgan fingerprint density at radius 2 is 2.00 bits per heavy atom. The van der Waals surface area contributed by atoms with Gasteiger partial charge in [0.1, 0.15) is 5.82 Å². The molecule has 2 aliphatic rings. The first kappa shape index (κ1) is 19.5. The van der Waals surface area contributed by atoms with Crippen molar-refractivity contribution in [3.8, 4) is 0 Å². The highest BCUT2D eigenvalue weighted by atomic mass is 32.1. The van der Waals surface area contributed by atoms with Gasteiger partial charge in [0, 0.05) is 4.88 Å². The lowest BCUT2D eigenvalue weighted by Crippen LogP contribution is -2.51. The fourth-order valence-corrected chi connectivity index (χ4v) is 4.74. The minimum absolute atomic E-state index is 0.0485. The zero-order chi connectivity index (χ0) is 19.3. The number of halogens is 1. The van der Waals surface area contributed by atoms with Gasteiger partial charge in [0.05, 0.1) is 31.8 Å². The highest BCUT2D eigenvalue weighted by Crippen LogP contribution is 2.27. The molecule has 2 aromatic rings. The molecule has 5 nitrogen and oxygen atoms in total. The summed E-state index contributed by atoms with van der Waals surface area (Å²) in [6, 6.07) is 10.1. The standard InChI is InChI=1S/C21H25FN2O3S/c22-16-8-6-15(7-9-16)20(18-5-3-13-28-18)23-19(25)14-24-10-2-1-4-17(24)21-26-11-12-27-21/h3,5-9,13,17,20-21H,1-2,4,10-12,14H2,(H,23,25). The molecular weight excluding hydrogens is 379 g/mol. The van der Waals surface area contributed by atoms with Crippen LogP contribution in [0.15, 0.2) is 41.8 Å². The van der Waals surface area contributed by atoms with Gasteiger partial charge >= 0.3 is 0 Å². The van der Waals surface area contributed by atoms with Gasteiger partial charge in [0.25, 0.3) is 0 Å². The van der Waals surface area contributed by atoms with Crippen LogP contribution in [0.1, 0.15) is 35.7 Å². The highest BCUT2D eigenvalue weighted by Gasteiger charge is 2.34. The van der Waals surface area contributed by atoms with Crippen LogP contribution in [0, 0.1) is 5.82 Å². The number of carbonyl (C=O) groups excluding carboxylic acids is 1. The minimum atomic E-state index is -0.285. The van der Waals surface area contributed by atoms with Gasteiger partial charge in [-0.3, -0.25) is 9.69 Å². The minimum Gasteiger partial charge on any atom is -0.349 e. The molecule has 1 aromatic heterocycles. The molecule has 0 spiro atoms. The Hall–Kier alpha value is -1.80. The van der Waals surface area contributed by atoms with E-state index in [1.54, 1.807) is 23.5 Å². The predicted octanol–water partition coefficient (Wildman–Crippen LogP) is 3.32. The molecule has 150 valence electrons. The number of nitrogens with zero attached hydrogens (tertiary/aromatic N) is 1. The summed E-state index contributed by atoms with van der Waals surface area (Å²) in [6.07, 6.45) is 2.94. The molecular formula is C21H25FN2O3S. The van der Waals surface area contributed by atoms with Crippen LogP contribution in [-0.2, 0) is 14.3 Å². The number of ether oxygens (including phenoxy) is 2.